The summed E-state index contributed by atoms with van der Waals surface area (Å²) in [4.78, 5) is 18.0. The molecule has 6 heteroatoms. The van der Waals surface area contributed by atoms with Crippen LogP contribution in [0.4, 0.5) is 5.69 Å². The quantitative estimate of drug-likeness (QED) is 0.717. The van der Waals surface area contributed by atoms with Gasteiger partial charge in [0.25, 0.3) is 0 Å². The molecule has 0 saturated heterocycles. The Morgan fingerprint density at radius 2 is 2.04 bits per heavy atom. The van der Waals surface area contributed by atoms with Crippen molar-refractivity contribution in [3.05, 3.63) is 66.7 Å². The zero-order valence-electron chi connectivity index (χ0n) is 14.1. The average molecular weight is 336 g/mol. The van der Waals surface area contributed by atoms with Crippen LogP contribution in [0, 0.1) is 0 Å². The number of carbonyl (C=O) groups excluding carboxylic acids is 1. The number of hydrogen-bond acceptors (Lipinski definition) is 5. The van der Waals surface area contributed by atoms with Crippen molar-refractivity contribution in [2.45, 2.75) is 13.0 Å². The molecular formula is C19H20N4O2. The highest BCUT2D eigenvalue weighted by molar-refractivity contribution is 5.90. The highest BCUT2D eigenvalue weighted by Gasteiger charge is 2.10. The van der Waals surface area contributed by atoms with Crippen LogP contribution < -0.4 is 5.32 Å². The molecule has 6 nitrogen and oxygen atoms in total. The van der Waals surface area contributed by atoms with E-state index in [9.17, 15) is 4.79 Å². The van der Waals surface area contributed by atoms with E-state index in [1.807, 2.05) is 54.4 Å². The molecule has 3 rings (SSSR count). The summed E-state index contributed by atoms with van der Waals surface area (Å²) in [6.45, 7) is 1.22. The SMILES string of the molecule is CN(CCC(=O)Nc1cccnc1)Cc1cc(-c2ccccc2)no1. The van der Waals surface area contributed by atoms with Crippen LogP contribution >= 0.6 is 0 Å². The largest absolute Gasteiger partial charge is 0.359 e. The summed E-state index contributed by atoms with van der Waals surface area (Å²) in [6.07, 6.45) is 3.69. The minimum atomic E-state index is -0.0394. The van der Waals surface area contributed by atoms with Gasteiger partial charge in [-0.25, -0.2) is 0 Å². The van der Waals surface area contributed by atoms with Crippen LogP contribution in [-0.2, 0) is 11.3 Å². The van der Waals surface area contributed by atoms with Crippen LogP contribution in [0.3, 0.4) is 0 Å². The normalized spacial score (nSPS) is 10.8. The van der Waals surface area contributed by atoms with Gasteiger partial charge < -0.3 is 9.84 Å². The van der Waals surface area contributed by atoms with Crippen molar-refractivity contribution in [2.24, 2.45) is 0 Å². The zero-order chi connectivity index (χ0) is 17.5. The number of aromatic nitrogens is 2. The number of hydrogen-bond donors (Lipinski definition) is 1. The van der Waals surface area contributed by atoms with Gasteiger partial charge in [0.2, 0.25) is 5.91 Å². The number of carbonyl (C=O) groups is 1. The van der Waals surface area contributed by atoms with E-state index in [1.54, 1.807) is 18.5 Å². The number of nitrogens with zero attached hydrogens (tertiary/aromatic N) is 3. The van der Waals surface area contributed by atoms with E-state index in [2.05, 4.69) is 15.5 Å². The zero-order valence-corrected chi connectivity index (χ0v) is 14.1. The summed E-state index contributed by atoms with van der Waals surface area (Å²) in [7, 11) is 1.95. The van der Waals surface area contributed by atoms with Gasteiger partial charge in [0.1, 0.15) is 5.69 Å². The van der Waals surface area contributed by atoms with Crippen molar-refractivity contribution in [1.29, 1.82) is 0 Å². The second kappa shape index (κ2) is 8.21. The molecule has 2 heterocycles. The van der Waals surface area contributed by atoms with E-state index in [1.165, 1.54) is 0 Å². The molecule has 0 aliphatic rings. The van der Waals surface area contributed by atoms with Crippen molar-refractivity contribution in [2.75, 3.05) is 18.9 Å². The summed E-state index contributed by atoms with van der Waals surface area (Å²) in [5.74, 6) is 0.733. The third-order valence-corrected chi connectivity index (χ3v) is 3.72. The van der Waals surface area contributed by atoms with Gasteiger partial charge in [0, 0.05) is 30.8 Å². The smallest absolute Gasteiger partial charge is 0.225 e. The fourth-order valence-corrected chi connectivity index (χ4v) is 2.43. The molecule has 128 valence electrons. The van der Waals surface area contributed by atoms with Gasteiger partial charge in [-0.3, -0.25) is 14.7 Å². The Balaban J connectivity index is 1.47. The Morgan fingerprint density at radius 1 is 1.20 bits per heavy atom. The highest BCUT2D eigenvalue weighted by Crippen LogP contribution is 2.19. The van der Waals surface area contributed by atoms with Crippen molar-refractivity contribution >= 4 is 11.6 Å². The first-order valence-electron chi connectivity index (χ1n) is 8.10. The third kappa shape index (κ3) is 4.99. The van der Waals surface area contributed by atoms with Crippen molar-refractivity contribution in [3.8, 4) is 11.3 Å². The topological polar surface area (TPSA) is 71.3 Å². The molecular weight excluding hydrogens is 316 g/mol. The first kappa shape index (κ1) is 16.9. The molecule has 0 aliphatic heterocycles. The maximum absolute atomic E-state index is 12.0. The maximum Gasteiger partial charge on any atom is 0.225 e. The minimum Gasteiger partial charge on any atom is -0.359 e. The molecule has 25 heavy (non-hydrogen) atoms. The summed E-state index contributed by atoms with van der Waals surface area (Å²) in [5, 5.41) is 6.93. The van der Waals surface area contributed by atoms with Gasteiger partial charge in [-0.05, 0) is 19.2 Å². The second-order valence-corrected chi connectivity index (χ2v) is 5.82. The molecule has 0 aliphatic carbocycles. The van der Waals surface area contributed by atoms with Crippen LogP contribution in [0.15, 0.2) is 65.4 Å². The maximum atomic E-state index is 12.0. The molecule has 1 aromatic carbocycles. The number of benzene rings is 1. The number of rotatable bonds is 7. The predicted octanol–water partition coefficient (Wildman–Crippen LogP) is 3.20. The van der Waals surface area contributed by atoms with E-state index >= 15 is 0 Å². The highest BCUT2D eigenvalue weighted by atomic mass is 16.5. The van der Waals surface area contributed by atoms with Gasteiger partial charge >= 0.3 is 0 Å². The second-order valence-electron chi connectivity index (χ2n) is 5.82. The van der Waals surface area contributed by atoms with Crippen molar-refractivity contribution in [1.82, 2.24) is 15.0 Å². The summed E-state index contributed by atoms with van der Waals surface area (Å²) < 4.78 is 5.39. The Kier molecular flexibility index (Phi) is 5.53. The first-order valence-corrected chi connectivity index (χ1v) is 8.10. The third-order valence-electron chi connectivity index (χ3n) is 3.72. The molecule has 0 saturated carbocycles. The van der Waals surface area contributed by atoms with Crippen LogP contribution in [-0.4, -0.2) is 34.5 Å². The Labute approximate surface area is 146 Å². The van der Waals surface area contributed by atoms with Crippen molar-refractivity contribution < 1.29 is 9.32 Å². The van der Waals surface area contributed by atoms with Gasteiger partial charge in [-0.15, -0.1) is 0 Å². The van der Waals surface area contributed by atoms with E-state index in [0.29, 0.717) is 25.2 Å². The lowest BCUT2D eigenvalue weighted by atomic mass is 10.1. The standard InChI is InChI=1S/C19H20N4O2/c1-23(11-9-19(24)21-16-8-5-10-20-13-16)14-17-12-18(22-25-17)15-6-3-2-4-7-15/h2-8,10,12-13H,9,11,14H2,1H3,(H,21,24). The van der Waals surface area contributed by atoms with E-state index in [-0.39, 0.29) is 5.91 Å². The first-order chi connectivity index (χ1) is 12.2. The minimum absolute atomic E-state index is 0.0394. The van der Waals surface area contributed by atoms with Gasteiger partial charge in [-0.1, -0.05) is 35.5 Å². The summed E-state index contributed by atoms with van der Waals surface area (Å²) >= 11 is 0. The molecule has 0 bridgehead atoms. The Bertz CT molecular complexity index is 803. The predicted molar refractivity (Wildman–Crippen MR) is 95.8 cm³/mol. The van der Waals surface area contributed by atoms with Gasteiger partial charge in [-0.2, -0.15) is 0 Å². The van der Waals surface area contributed by atoms with Crippen LogP contribution in [0.25, 0.3) is 11.3 Å². The monoisotopic (exact) mass is 336 g/mol. The van der Waals surface area contributed by atoms with E-state index < -0.39 is 0 Å². The molecule has 2 aromatic heterocycles. The van der Waals surface area contributed by atoms with E-state index in [4.69, 9.17) is 4.52 Å². The number of amides is 1. The number of nitrogens with one attached hydrogen (secondary N) is 1. The van der Waals surface area contributed by atoms with Crippen molar-refractivity contribution in [3.63, 3.8) is 0 Å². The summed E-state index contributed by atoms with van der Waals surface area (Å²) in [5.41, 5.74) is 2.55. The Morgan fingerprint density at radius 3 is 2.80 bits per heavy atom. The number of anilines is 1. The molecule has 1 N–H and O–H groups in total. The van der Waals surface area contributed by atoms with E-state index in [0.717, 1.165) is 17.0 Å². The lowest BCUT2D eigenvalue weighted by Crippen LogP contribution is -2.23. The lowest BCUT2D eigenvalue weighted by Gasteiger charge is -2.14. The fourth-order valence-electron chi connectivity index (χ4n) is 2.43. The molecule has 0 unspecified atom stereocenters. The molecule has 0 atom stereocenters. The molecule has 3 aromatic rings. The Hall–Kier alpha value is -2.99. The van der Waals surface area contributed by atoms with Crippen LogP contribution in [0.5, 0.6) is 0 Å². The average Bonchev–Trinajstić information content (AvgIpc) is 3.10. The van der Waals surface area contributed by atoms with Gasteiger partial charge in [0.05, 0.1) is 18.4 Å². The fraction of sp³-hybridized carbons (Fsp3) is 0.211. The van der Waals surface area contributed by atoms with Crippen LogP contribution in [0.2, 0.25) is 0 Å². The van der Waals surface area contributed by atoms with Crippen LogP contribution in [0.1, 0.15) is 12.2 Å². The molecule has 1 amide bonds. The molecule has 0 spiro atoms. The molecule has 0 fully saturated rings. The lowest BCUT2D eigenvalue weighted by molar-refractivity contribution is -0.116. The number of pyridine rings is 1. The van der Waals surface area contributed by atoms with Gasteiger partial charge in [0.15, 0.2) is 5.76 Å². The molecule has 0 radical (unpaired) electrons. The summed E-state index contributed by atoms with van der Waals surface area (Å²) in [6, 6.07) is 15.4.